The summed E-state index contributed by atoms with van der Waals surface area (Å²) in [6.07, 6.45) is 0.243. The number of carbonyl (C=O) groups excluding carboxylic acids is 1. The van der Waals surface area contributed by atoms with Crippen molar-refractivity contribution in [1.82, 2.24) is 4.90 Å². The summed E-state index contributed by atoms with van der Waals surface area (Å²) in [7, 11) is 1.36. The summed E-state index contributed by atoms with van der Waals surface area (Å²) in [6.45, 7) is 2.84. The van der Waals surface area contributed by atoms with Crippen LogP contribution in [0.25, 0.3) is 0 Å². The number of rotatable bonds is 4. The lowest BCUT2D eigenvalue weighted by Gasteiger charge is -2.32. The third-order valence-electron chi connectivity index (χ3n) is 2.40. The van der Waals surface area contributed by atoms with E-state index >= 15 is 0 Å². The Kier molecular flexibility index (Phi) is 4.86. The predicted octanol–water partition coefficient (Wildman–Crippen LogP) is -0.757. The first kappa shape index (κ1) is 11.4. The first-order chi connectivity index (χ1) is 6.77. The van der Waals surface area contributed by atoms with Gasteiger partial charge in [0, 0.05) is 19.1 Å². The number of morpholine rings is 1. The molecule has 1 unspecified atom stereocenters. The van der Waals surface area contributed by atoms with Crippen LogP contribution in [0.3, 0.4) is 0 Å². The molecule has 1 heterocycles. The molecule has 1 N–H and O–H groups in total. The Morgan fingerprint density at radius 1 is 1.57 bits per heavy atom. The van der Waals surface area contributed by atoms with E-state index in [9.17, 15) is 4.79 Å². The van der Waals surface area contributed by atoms with Gasteiger partial charge in [-0.05, 0) is 0 Å². The summed E-state index contributed by atoms with van der Waals surface area (Å²) in [5, 5.41) is 9.13. The van der Waals surface area contributed by atoms with E-state index < -0.39 is 0 Å². The molecule has 0 aromatic rings. The van der Waals surface area contributed by atoms with E-state index in [0.717, 1.165) is 13.1 Å². The van der Waals surface area contributed by atoms with E-state index in [4.69, 9.17) is 9.84 Å². The first-order valence-corrected chi connectivity index (χ1v) is 4.77. The Morgan fingerprint density at radius 3 is 2.71 bits per heavy atom. The van der Waals surface area contributed by atoms with Crippen molar-refractivity contribution in [3.05, 3.63) is 0 Å². The quantitative estimate of drug-likeness (QED) is 0.609. The molecular formula is C9H17NO4. The largest absolute Gasteiger partial charge is 0.469 e. The molecule has 1 saturated heterocycles. The number of aliphatic hydroxyl groups is 1. The molecule has 5 heteroatoms. The predicted molar refractivity (Wildman–Crippen MR) is 49.9 cm³/mol. The van der Waals surface area contributed by atoms with Gasteiger partial charge in [0.2, 0.25) is 0 Å². The molecule has 1 aliphatic rings. The molecular weight excluding hydrogens is 186 g/mol. The van der Waals surface area contributed by atoms with Gasteiger partial charge in [0.05, 0.1) is 33.4 Å². The minimum Gasteiger partial charge on any atom is -0.469 e. The number of nitrogens with zero attached hydrogens (tertiary/aromatic N) is 1. The zero-order valence-corrected chi connectivity index (χ0v) is 8.44. The average molecular weight is 203 g/mol. The van der Waals surface area contributed by atoms with Gasteiger partial charge in [-0.1, -0.05) is 0 Å². The van der Waals surface area contributed by atoms with Crippen LogP contribution in [-0.2, 0) is 14.3 Å². The summed E-state index contributed by atoms with van der Waals surface area (Å²) in [4.78, 5) is 13.1. The molecule has 5 nitrogen and oxygen atoms in total. The van der Waals surface area contributed by atoms with Crippen LogP contribution in [0, 0.1) is 0 Å². The fourth-order valence-electron chi connectivity index (χ4n) is 1.53. The maximum atomic E-state index is 11.0. The van der Waals surface area contributed by atoms with E-state index in [1.54, 1.807) is 0 Å². The lowest BCUT2D eigenvalue weighted by atomic mass is 10.2. The number of ether oxygens (including phenoxy) is 2. The van der Waals surface area contributed by atoms with Crippen molar-refractivity contribution in [2.45, 2.75) is 12.5 Å². The highest BCUT2D eigenvalue weighted by Gasteiger charge is 2.22. The highest BCUT2D eigenvalue weighted by Crippen LogP contribution is 2.07. The minimum atomic E-state index is -0.282. The monoisotopic (exact) mass is 203 g/mol. The number of carbonyl (C=O) groups is 1. The van der Waals surface area contributed by atoms with E-state index in [0.29, 0.717) is 13.2 Å². The molecule has 0 saturated carbocycles. The fraction of sp³-hybridized carbons (Fsp3) is 0.889. The number of hydrogen-bond donors (Lipinski definition) is 1. The van der Waals surface area contributed by atoms with Gasteiger partial charge in [-0.3, -0.25) is 9.69 Å². The SMILES string of the molecule is COC(=O)CC(CO)N1CCOCC1. The second-order valence-electron chi connectivity index (χ2n) is 3.26. The van der Waals surface area contributed by atoms with Crippen molar-refractivity contribution < 1.29 is 19.4 Å². The molecule has 1 fully saturated rings. The van der Waals surface area contributed by atoms with Crippen LogP contribution in [0.5, 0.6) is 0 Å². The van der Waals surface area contributed by atoms with E-state index in [-0.39, 0.29) is 25.0 Å². The molecule has 14 heavy (non-hydrogen) atoms. The molecule has 0 aromatic carbocycles. The summed E-state index contributed by atoms with van der Waals surface area (Å²) < 4.78 is 9.75. The van der Waals surface area contributed by atoms with Crippen LogP contribution in [0.1, 0.15) is 6.42 Å². The van der Waals surface area contributed by atoms with Crippen LogP contribution < -0.4 is 0 Å². The van der Waals surface area contributed by atoms with Crippen molar-refractivity contribution in [3.8, 4) is 0 Å². The third kappa shape index (κ3) is 3.25. The maximum absolute atomic E-state index is 11.0. The van der Waals surface area contributed by atoms with Gasteiger partial charge < -0.3 is 14.6 Å². The normalized spacial score (nSPS) is 20.4. The number of aliphatic hydroxyl groups excluding tert-OH is 1. The molecule has 0 aliphatic carbocycles. The second kappa shape index (κ2) is 5.95. The van der Waals surface area contributed by atoms with E-state index in [1.165, 1.54) is 7.11 Å². The topological polar surface area (TPSA) is 59.0 Å². The molecule has 0 aromatic heterocycles. The van der Waals surface area contributed by atoms with Crippen LogP contribution in [0.15, 0.2) is 0 Å². The van der Waals surface area contributed by atoms with E-state index in [1.807, 2.05) is 0 Å². The van der Waals surface area contributed by atoms with Crippen molar-refractivity contribution in [1.29, 1.82) is 0 Å². The van der Waals surface area contributed by atoms with Crippen molar-refractivity contribution in [3.63, 3.8) is 0 Å². The molecule has 82 valence electrons. The molecule has 1 rings (SSSR count). The van der Waals surface area contributed by atoms with Crippen LogP contribution in [0.4, 0.5) is 0 Å². The van der Waals surface area contributed by atoms with Gasteiger partial charge in [0.15, 0.2) is 0 Å². The van der Waals surface area contributed by atoms with Crippen molar-refractivity contribution >= 4 is 5.97 Å². The van der Waals surface area contributed by atoms with Crippen LogP contribution >= 0.6 is 0 Å². The van der Waals surface area contributed by atoms with Crippen LogP contribution in [0.2, 0.25) is 0 Å². The summed E-state index contributed by atoms with van der Waals surface area (Å²) in [5.74, 6) is -0.282. The molecule has 0 bridgehead atoms. The standard InChI is InChI=1S/C9H17NO4/c1-13-9(12)6-8(7-11)10-2-4-14-5-3-10/h8,11H,2-7H2,1H3. The highest BCUT2D eigenvalue weighted by molar-refractivity contribution is 5.69. The summed E-state index contributed by atoms with van der Waals surface area (Å²) in [5.41, 5.74) is 0. The van der Waals surface area contributed by atoms with Gasteiger partial charge in [-0.2, -0.15) is 0 Å². The first-order valence-electron chi connectivity index (χ1n) is 4.77. The van der Waals surface area contributed by atoms with Gasteiger partial charge in [-0.25, -0.2) is 0 Å². The Labute approximate surface area is 83.6 Å². The Bertz CT molecular complexity index is 180. The Morgan fingerprint density at radius 2 is 2.21 bits per heavy atom. The minimum absolute atomic E-state index is 0.0188. The summed E-state index contributed by atoms with van der Waals surface area (Å²) in [6, 6.07) is -0.133. The second-order valence-corrected chi connectivity index (χ2v) is 3.26. The Hall–Kier alpha value is -0.650. The van der Waals surface area contributed by atoms with Gasteiger partial charge >= 0.3 is 5.97 Å². The zero-order valence-electron chi connectivity index (χ0n) is 8.44. The molecule has 0 radical (unpaired) electrons. The number of esters is 1. The number of methoxy groups -OCH3 is 1. The number of hydrogen-bond acceptors (Lipinski definition) is 5. The van der Waals surface area contributed by atoms with Gasteiger partial charge in [0.1, 0.15) is 0 Å². The third-order valence-corrected chi connectivity index (χ3v) is 2.40. The Balaban J connectivity index is 2.39. The lowest BCUT2D eigenvalue weighted by Crippen LogP contribution is -2.46. The van der Waals surface area contributed by atoms with Crippen molar-refractivity contribution in [2.75, 3.05) is 40.0 Å². The molecule has 1 atom stereocenters. The zero-order chi connectivity index (χ0) is 10.4. The van der Waals surface area contributed by atoms with Crippen LogP contribution in [-0.4, -0.2) is 62.0 Å². The summed E-state index contributed by atoms with van der Waals surface area (Å²) >= 11 is 0. The maximum Gasteiger partial charge on any atom is 0.307 e. The van der Waals surface area contributed by atoms with Crippen molar-refractivity contribution in [2.24, 2.45) is 0 Å². The smallest absolute Gasteiger partial charge is 0.307 e. The lowest BCUT2D eigenvalue weighted by molar-refractivity contribution is -0.143. The average Bonchev–Trinajstić information content (AvgIpc) is 2.26. The van der Waals surface area contributed by atoms with Gasteiger partial charge in [0.25, 0.3) is 0 Å². The van der Waals surface area contributed by atoms with E-state index in [2.05, 4.69) is 9.64 Å². The highest BCUT2D eigenvalue weighted by atomic mass is 16.5. The molecule has 0 amide bonds. The van der Waals surface area contributed by atoms with Gasteiger partial charge in [-0.15, -0.1) is 0 Å². The fourth-order valence-corrected chi connectivity index (χ4v) is 1.53. The molecule has 0 spiro atoms. The molecule has 1 aliphatic heterocycles.